The van der Waals surface area contributed by atoms with Crippen molar-refractivity contribution in [2.75, 3.05) is 7.05 Å². The molecular formula is C17H17ClN2O. The molecule has 0 bridgehead atoms. The maximum absolute atomic E-state index is 9.60. The van der Waals surface area contributed by atoms with Gasteiger partial charge in [0.05, 0.1) is 5.52 Å². The number of aromatic nitrogens is 1. The fraction of sp³-hybridized carbons (Fsp3) is 0.176. The molecule has 0 aliphatic carbocycles. The molecule has 4 heteroatoms. The van der Waals surface area contributed by atoms with Crippen LogP contribution in [0.2, 0.25) is 5.02 Å². The molecule has 0 fully saturated rings. The summed E-state index contributed by atoms with van der Waals surface area (Å²) in [4.78, 5) is 0. The highest BCUT2D eigenvalue weighted by molar-refractivity contribution is 6.31. The Kier molecular flexibility index (Phi) is 3.86. The number of fused-ring (bicyclic) bond motifs is 1. The van der Waals surface area contributed by atoms with Crippen molar-refractivity contribution in [1.82, 2.24) is 9.88 Å². The molecule has 2 aromatic carbocycles. The van der Waals surface area contributed by atoms with E-state index in [1.165, 1.54) is 10.9 Å². The molecule has 0 unspecified atom stereocenters. The summed E-state index contributed by atoms with van der Waals surface area (Å²) in [6, 6.07) is 13.3. The summed E-state index contributed by atoms with van der Waals surface area (Å²) in [5.74, 6) is 0.289. The topological polar surface area (TPSA) is 37.2 Å². The van der Waals surface area contributed by atoms with Gasteiger partial charge >= 0.3 is 0 Å². The van der Waals surface area contributed by atoms with Gasteiger partial charge in [-0.3, -0.25) is 0 Å². The molecule has 0 atom stereocenters. The van der Waals surface area contributed by atoms with E-state index in [1.54, 1.807) is 12.1 Å². The van der Waals surface area contributed by atoms with Crippen LogP contribution in [0.25, 0.3) is 10.9 Å². The van der Waals surface area contributed by atoms with E-state index >= 15 is 0 Å². The fourth-order valence-corrected chi connectivity index (χ4v) is 2.82. The molecule has 108 valence electrons. The third kappa shape index (κ3) is 2.89. The van der Waals surface area contributed by atoms with Crippen LogP contribution in [0.3, 0.4) is 0 Å². The van der Waals surface area contributed by atoms with Crippen LogP contribution in [0, 0.1) is 0 Å². The number of aromatic hydroxyl groups is 1. The molecular weight excluding hydrogens is 284 g/mol. The van der Waals surface area contributed by atoms with Gasteiger partial charge in [0.1, 0.15) is 5.75 Å². The Bertz CT molecular complexity index is 780. The zero-order chi connectivity index (χ0) is 14.8. The van der Waals surface area contributed by atoms with Gasteiger partial charge in [0.25, 0.3) is 0 Å². The van der Waals surface area contributed by atoms with Crippen molar-refractivity contribution in [2.45, 2.75) is 13.1 Å². The highest BCUT2D eigenvalue weighted by Crippen LogP contribution is 2.26. The van der Waals surface area contributed by atoms with Crippen LogP contribution in [-0.2, 0) is 13.1 Å². The van der Waals surface area contributed by atoms with Crippen molar-refractivity contribution in [2.24, 2.45) is 0 Å². The number of nitrogens with zero attached hydrogens (tertiary/aromatic N) is 1. The molecule has 0 aliphatic heterocycles. The maximum Gasteiger partial charge on any atom is 0.115 e. The van der Waals surface area contributed by atoms with E-state index in [2.05, 4.69) is 22.1 Å². The summed E-state index contributed by atoms with van der Waals surface area (Å²) in [5.41, 5.74) is 3.41. The van der Waals surface area contributed by atoms with E-state index in [-0.39, 0.29) is 5.75 Å². The highest BCUT2D eigenvalue weighted by Gasteiger charge is 2.09. The van der Waals surface area contributed by atoms with E-state index in [0.29, 0.717) is 6.54 Å². The summed E-state index contributed by atoms with van der Waals surface area (Å²) < 4.78 is 2.17. The lowest BCUT2D eigenvalue weighted by atomic mass is 10.2. The number of rotatable bonds is 4. The minimum atomic E-state index is 0.289. The normalized spacial score (nSPS) is 11.1. The van der Waals surface area contributed by atoms with Crippen LogP contribution in [0.4, 0.5) is 0 Å². The Morgan fingerprint density at radius 1 is 1.19 bits per heavy atom. The van der Waals surface area contributed by atoms with Gasteiger partial charge in [-0.05, 0) is 42.4 Å². The van der Waals surface area contributed by atoms with Crippen molar-refractivity contribution in [1.29, 1.82) is 0 Å². The van der Waals surface area contributed by atoms with Gasteiger partial charge in [0.2, 0.25) is 0 Å². The lowest BCUT2D eigenvalue weighted by molar-refractivity contribution is 0.474. The third-order valence-electron chi connectivity index (χ3n) is 3.56. The van der Waals surface area contributed by atoms with Crippen LogP contribution < -0.4 is 5.32 Å². The number of hydrogen-bond acceptors (Lipinski definition) is 2. The fourth-order valence-electron chi connectivity index (χ4n) is 2.65. The second-order valence-electron chi connectivity index (χ2n) is 5.14. The summed E-state index contributed by atoms with van der Waals surface area (Å²) >= 11 is 6.14. The maximum atomic E-state index is 9.60. The number of phenols is 1. The third-order valence-corrected chi connectivity index (χ3v) is 3.79. The molecule has 0 aliphatic rings. The van der Waals surface area contributed by atoms with Crippen molar-refractivity contribution < 1.29 is 5.11 Å². The van der Waals surface area contributed by atoms with Crippen LogP contribution in [-0.4, -0.2) is 16.7 Å². The number of hydrogen-bond donors (Lipinski definition) is 2. The second kappa shape index (κ2) is 5.80. The summed E-state index contributed by atoms with van der Waals surface area (Å²) in [5, 5.41) is 14.7. The molecule has 0 radical (unpaired) electrons. The SMILES string of the molecule is CNCc1cn(Cc2cccc(O)c2)c2cc(Cl)ccc12. The molecule has 3 rings (SSSR count). The molecule has 1 heterocycles. The number of nitrogens with one attached hydrogen (secondary N) is 1. The quantitative estimate of drug-likeness (QED) is 0.769. The zero-order valence-electron chi connectivity index (χ0n) is 11.8. The molecule has 3 nitrogen and oxygen atoms in total. The molecule has 1 aromatic heterocycles. The predicted molar refractivity (Wildman–Crippen MR) is 86.9 cm³/mol. The van der Waals surface area contributed by atoms with E-state index < -0.39 is 0 Å². The first kappa shape index (κ1) is 14.0. The Morgan fingerprint density at radius 2 is 2.05 bits per heavy atom. The average molecular weight is 301 g/mol. The Balaban J connectivity index is 2.06. The summed E-state index contributed by atoms with van der Waals surface area (Å²) in [6.45, 7) is 1.51. The van der Waals surface area contributed by atoms with E-state index in [0.717, 1.165) is 22.6 Å². The monoisotopic (exact) mass is 300 g/mol. The average Bonchev–Trinajstić information content (AvgIpc) is 2.77. The lowest BCUT2D eigenvalue weighted by Gasteiger charge is -2.06. The highest BCUT2D eigenvalue weighted by atomic mass is 35.5. The minimum Gasteiger partial charge on any atom is -0.508 e. The molecule has 0 saturated carbocycles. The Hall–Kier alpha value is -1.97. The van der Waals surface area contributed by atoms with E-state index in [4.69, 9.17) is 11.6 Å². The first-order chi connectivity index (χ1) is 10.2. The minimum absolute atomic E-state index is 0.289. The van der Waals surface area contributed by atoms with Crippen LogP contribution in [0.1, 0.15) is 11.1 Å². The molecule has 2 N–H and O–H groups in total. The van der Waals surface area contributed by atoms with Crippen LogP contribution in [0.15, 0.2) is 48.7 Å². The smallest absolute Gasteiger partial charge is 0.115 e. The molecule has 3 aromatic rings. The first-order valence-electron chi connectivity index (χ1n) is 6.87. The number of halogens is 1. The second-order valence-corrected chi connectivity index (χ2v) is 5.58. The number of benzene rings is 2. The predicted octanol–water partition coefficient (Wildman–Crippen LogP) is 3.77. The Labute approximate surface area is 128 Å². The lowest BCUT2D eigenvalue weighted by Crippen LogP contribution is -2.04. The molecule has 0 spiro atoms. The van der Waals surface area contributed by atoms with Crippen LogP contribution >= 0.6 is 11.6 Å². The van der Waals surface area contributed by atoms with E-state index in [9.17, 15) is 5.11 Å². The largest absolute Gasteiger partial charge is 0.508 e. The Morgan fingerprint density at radius 3 is 2.81 bits per heavy atom. The molecule has 0 amide bonds. The van der Waals surface area contributed by atoms with Crippen LogP contribution in [0.5, 0.6) is 5.75 Å². The number of phenolic OH excluding ortho intramolecular Hbond substituents is 1. The van der Waals surface area contributed by atoms with Gasteiger partial charge in [0.15, 0.2) is 0 Å². The van der Waals surface area contributed by atoms with Gasteiger partial charge < -0.3 is 15.0 Å². The standard InChI is InChI=1S/C17H17ClN2O/c1-19-9-13-11-20(10-12-3-2-4-15(21)7-12)17-8-14(18)5-6-16(13)17/h2-8,11,19,21H,9-10H2,1H3. The van der Waals surface area contributed by atoms with E-state index in [1.807, 2.05) is 31.3 Å². The van der Waals surface area contributed by atoms with Crippen molar-refractivity contribution in [3.63, 3.8) is 0 Å². The summed E-state index contributed by atoms with van der Waals surface area (Å²) in [7, 11) is 1.94. The van der Waals surface area contributed by atoms with Crippen molar-refractivity contribution >= 4 is 22.5 Å². The van der Waals surface area contributed by atoms with Gasteiger partial charge in [0, 0.05) is 29.7 Å². The van der Waals surface area contributed by atoms with Crippen molar-refractivity contribution in [3.05, 3.63) is 64.8 Å². The summed E-state index contributed by atoms with van der Waals surface area (Å²) in [6.07, 6.45) is 2.14. The van der Waals surface area contributed by atoms with Gasteiger partial charge in [-0.2, -0.15) is 0 Å². The zero-order valence-corrected chi connectivity index (χ0v) is 12.6. The molecule has 0 saturated heterocycles. The molecule has 21 heavy (non-hydrogen) atoms. The van der Waals surface area contributed by atoms with Crippen molar-refractivity contribution in [3.8, 4) is 5.75 Å². The first-order valence-corrected chi connectivity index (χ1v) is 7.25. The van der Waals surface area contributed by atoms with Gasteiger partial charge in [-0.15, -0.1) is 0 Å². The van der Waals surface area contributed by atoms with Gasteiger partial charge in [-0.25, -0.2) is 0 Å². The van der Waals surface area contributed by atoms with Gasteiger partial charge in [-0.1, -0.05) is 29.8 Å².